The van der Waals surface area contributed by atoms with E-state index in [-0.39, 0.29) is 0 Å². The minimum absolute atomic E-state index is 0.696. The van der Waals surface area contributed by atoms with E-state index in [1.54, 1.807) is 0 Å². The molecule has 3 heteroatoms. The average Bonchev–Trinajstić information content (AvgIpc) is 2.88. The van der Waals surface area contributed by atoms with Gasteiger partial charge in [-0.1, -0.05) is 26.0 Å². The van der Waals surface area contributed by atoms with Gasteiger partial charge in [0.05, 0.1) is 0 Å². The Kier molecular flexibility index (Phi) is 5.86. The summed E-state index contributed by atoms with van der Waals surface area (Å²) in [5.74, 6) is 0. The second kappa shape index (κ2) is 7.65. The van der Waals surface area contributed by atoms with E-state index in [0.29, 0.717) is 6.04 Å². The first-order chi connectivity index (χ1) is 9.72. The van der Waals surface area contributed by atoms with Crippen LogP contribution in [0.25, 0.3) is 0 Å². The monoisotopic (exact) mass is 275 g/mol. The summed E-state index contributed by atoms with van der Waals surface area (Å²) in [4.78, 5) is 4.91. The van der Waals surface area contributed by atoms with Gasteiger partial charge in [0.25, 0.3) is 0 Å². The van der Waals surface area contributed by atoms with Gasteiger partial charge in [-0.25, -0.2) is 0 Å². The van der Waals surface area contributed by atoms with Crippen molar-refractivity contribution in [2.45, 2.75) is 39.3 Å². The van der Waals surface area contributed by atoms with Crippen molar-refractivity contribution in [3.63, 3.8) is 0 Å². The zero-order valence-electron chi connectivity index (χ0n) is 13.2. The van der Waals surface area contributed by atoms with E-state index in [2.05, 4.69) is 60.3 Å². The van der Waals surface area contributed by atoms with Crippen LogP contribution in [0.2, 0.25) is 0 Å². The van der Waals surface area contributed by atoms with Crippen LogP contribution in [-0.4, -0.2) is 49.1 Å². The van der Waals surface area contributed by atoms with Gasteiger partial charge in [0, 0.05) is 24.8 Å². The van der Waals surface area contributed by atoms with Crippen molar-refractivity contribution < 1.29 is 0 Å². The molecule has 1 aliphatic rings. The van der Waals surface area contributed by atoms with E-state index >= 15 is 0 Å². The number of nitrogens with zero attached hydrogens (tertiary/aromatic N) is 2. The molecule has 2 rings (SSSR count). The lowest BCUT2D eigenvalue weighted by molar-refractivity contribution is 0.296. The summed E-state index contributed by atoms with van der Waals surface area (Å²) in [5, 5.41) is 3.61. The van der Waals surface area contributed by atoms with Crippen molar-refractivity contribution in [3.05, 3.63) is 29.8 Å². The number of likely N-dealkylation sites (tertiary alicyclic amines) is 1. The van der Waals surface area contributed by atoms with Gasteiger partial charge in [0.1, 0.15) is 0 Å². The molecule has 1 aromatic rings. The standard InChI is InChI=1S/C17H29N3/c1-4-20(5-2)14-15-8-6-9-16(12-15)18-13-17-10-7-11-19(17)3/h6,8-9,12,17-18H,4-5,7,10-11,13-14H2,1-3H3. The van der Waals surface area contributed by atoms with Crippen LogP contribution >= 0.6 is 0 Å². The van der Waals surface area contributed by atoms with Crippen molar-refractivity contribution in [2.24, 2.45) is 0 Å². The quantitative estimate of drug-likeness (QED) is 0.825. The lowest BCUT2D eigenvalue weighted by Crippen LogP contribution is -2.31. The maximum absolute atomic E-state index is 3.61. The highest BCUT2D eigenvalue weighted by Gasteiger charge is 2.20. The van der Waals surface area contributed by atoms with Gasteiger partial charge in [-0.05, 0) is 57.2 Å². The van der Waals surface area contributed by atoms with Crippen molar-refractivity contribution >= 4 is 5.69 Å². The van der Waals surface area contributed by atoms with Crippen LogP contribution < -0.4 is 5.32 Å². The predicted molar refractivity (Wildman–Crippen MR) is 87.2 cm³/mol. The summed E-state index contributed by atoms with van der Waals surface area (Å²) >= 11 is 0. The molecule has 1 aliphatic heterocycles. The lowest BCUT2D eigenvalue weighted by atomic mass is 10.1. The van der Waals surface area contributed by atoms with Gasteiger partial charge in [-0.15, -0.1) is 0 Å². The van der Waals surface area contributed by atoms with Crippen molar-refractivity contribution in [3.8, 4) is 0 Å². The molecule has 1 heterocycles. The summed E-state index contributed by atoms with van der Waals surface area (Å²) in [6.45, 7) is 10.0. The highest BCUT2D eigenvalue weighted by molar-refractivity contribution is 5.45. The van der Waals surface area contributed by atoms with Crippen LogP contribution in [0.4, 0.5) is 5.69 Å². The van der Waals surface area contributed by atoms with Crippen LogP contribution in [0.15, 0.2) is 24.3 Å². The zero-order valence-corrected chi connectivity index (χ0v) is 13.2. The Bertz CT molecular complexity index is 401. The SMILES string of the molecule is CCN(CC)Cc1cccc(NCC2CCCN2C)c1. The molecule has 0 bridgehead atoms. The predicted octanol–water partition coefficient (Wildman–Crippen LogP) is 3.03. The molecule has 1 saturated heterocycles. The molecule has 0 aliphatic carbocycles. The van der Waals surface area contributed by atoms with Gasteiger partial charge >= 0.3 is 0 Å². The molecule has 0 radical (unpaired) electrons. The van der Waals surface area contributed by atoms with E-state index in [9.17, 15) is 0 Å². The number of hydrogen-bond donors (Lipinski definition) is 1. The number of benzene rings is 1. The Morgan fingerprint density at radius 3 is 2.75 bits per heavy atom. The highest BCUT2D eigenvalue weighted by Crippen LogP contribution is 2.17. The molecule has 1 aromatic carbocycles. The maximum atomic E-state index is 3.61. The summed E-state index contributed by atoms with van der Waals surface area (Å²) in [5.41, 5.74) is 2.66. The van der Waals surface area contributed by atoms with Gasteiger partial charge in [0.2, 0.25) is 0 Å². The molecule has 3 nitrogen and oxygen atoms in total. The molecule has 0 amide bonds. The Morgan fingerprint density at radius 1 is 1.30 bits per heavy atom. The first-order valence-corrected chi connectivity index (χ1v) is 7.98. The minimum atomic E-state index is 0.696. The topological polar surface area (TPSA) is 18.5 Å². The third-order valence-electron chi connectivity index (χ3n) is 4.44. The van der Waals surface area contributed by atoms with E-state index in [4.69, 9.17) is 0 Å². The largest absolute Gasteiger partial charge is 0.383 e. The van der Waals surface area contributed by atoms with Crippen LogP contribution in [0.5, 0.6) is 0 Å². The van der Waals surface area contributed by atoms with Gasteiger partial charge in [0.15, 0.2) is 0 Å². The minimum Gasteiger partial charge on any atom is -0.383 e. The number of nitrogens with one attached hydrogen (secondary N) is 1. The molecular weight excluding hydrogens is 246 g/mol. The second-order valence-electron chi connectivity index (χ2n) is 5.82. The highest BCUT2D eigenvalue weighted by atomic mass is 15.2. The first-order valence-electron chi connectivity index (χ1n) is 7.98. The molecule has 0 saturated carbocycles. The van der Waals surface area contributed by atoms with E-state index < -0.39 is 0 Å². The summed E-state index contributed by atoms with van der Waals surface area (Å²) < 4.78 is 0. The first kappa shape index (κ1) is 15.3. The zero-order chi connectivity index (χ0) is 14.4. The van der Waals surface area contributed by atoms with Crippen molar-refractivity contribution in [1.82, 2.24) is 9.80 Å². The maximum Gasteiger partial charge on any atom is 0.0343 e. The Morgan fingerprint density at radius 2 is 2.10 bits per heavy atom. The average molecular weight is 275 g/mol. The van der Waals surface area contributed by atoms with Crippen molar-refractivity contribution in [2.75, 3.05) is 38.5 Å². The third kappa shape index (κ3) is 4.22. The van der Waals surface area contributed by atoms with Gasteiger partial charge in [-0.3, -0.25) is 4.90 Å². The molecule has 1 atom stereocenters. The second-order valence-corrected chi connectivity index (χ2v) is 5.82. The number of likely N-dealkylation sites (N-methyl/N-ethyl adjacent to an activating group) is 1. The Labute approximate surface area is 124 Å². The molecule has 112 valence electrons. The summed E-state index contributed by atoms with van der Waals surface area (Å²) in [7, 11) is 2.23. The lowest BCUT2D eigenvalue weighted by Gasteiger charge is -2.21. The van der Waals surface area contributed by atoms with Gasteiger partial charge in [-0.2, -0.15) is 0 Å². The fraction of sp³-hybridized carbons (Fsp3) is 0.647. The fourth-order valence-electron chi connectivity index (χ4n) is 2.96. The molecule has 0 aromatic heterocycles. The van der Waals surface area contributed by atoms with Crippen molar-refractivity contribution in [1.29, 1.82) is 0 Å². The molecule has 1 fully saturated rings. The van der Waals surface area contributed by atoms with E-state index in [1.807, 2.05) is 0 Å². The normalized spacial score (nSPS) is 19.7. The fourth-order valence-corrected chi connectivity index (χ4v) is 2.96. The molecule has 0 spiro atoms. The number of rotatable bonds is 7. The van der Waals surface area contributed by atoms with Crippen LogP contribution in [0, 0.1) is 0 Å². The number of hydrogen-bond acceptors (Lipinski definition) is 3. The van der Waals surface area contributed by atoms with Gasteiger partial charge < -0.3 is 10.2 Å². The number of anilines is 1. The molecule has 1 unspecified atom stereocenters. The van der Waals surface area contributed by atoms with E-state index in [1.165, 1.54) is 30.6 Å². The molecule has 1 N–H and O–H groups in total. The Balaban J connectivity index is 1.88. The van der Waals surface area contributed by atoms with Crippen LogP contribution in [-0.2, 0) is 6.54 Å². The smallest absolute Gasteiger partial charge is 0.0343 e. The van der Waals surface area contributed by atoms with Crippen LogP contribution in [0.3, 0.4) is 0 Å². The summed E-state index contributed by atoms with van der Waals surface area (Å²) in [6.07, 6.45) is 2.66. The Hall–Kier alpha value is -1.06. The molecular formula is C17H29N3. The molecule has 20 heavy (non-hydrogen) atoms. The van der Waals surface area contributed by atoms with Crippen LogP contribution in [0.1, 0.15) is 32.3 Å². The summed E-state index contributed by atoms with van der Waals surface area (Å²) in [6, 6.07) is 9.57. The van der Waals surface area contributed by atoms with E-state index in [0.717, 1.165) is 26.2 Å². The third-order valence-corrected chi connectivity index (χ3v) is 4.44.